The van der Waals surface area contributed by atoms with Gasteiger partial charge in [0.1, 0.15) is 10.5 Å². The van der Waals surface area contributed by atoms with Crippen LogP contribution in [0.3, 0.4) is 0 Å². The van der Waals surface area contributed by atoms with Crippen LogP contribution >= 0.6 is 23.9 Å². The van der Waals surface area contributed by atoms with E-state index in [1.165, 1.54) is 30.9 Å². The summed E-state index contributed by atoms with van der Waals surface area (Å²) in [5.74, 6) is -1.02. The maximum atomic E-state index is 11.7. The van der Waals surface area contributed by atoms with Crippen LogP contribution in [0.25, 0.3) is 0 Å². The van der Waals surface area contributed by atoms with E-state index in [1.54, 1.807) is 10.8 Å². The van der Waals surface area contributed by atoms with Crippen LogP contribution in [0.4, 0.5) is 0 Å². The van der Waals surface area contributed by atoms with E-state index in [9.17, 15) is 19.2 Å². The first-order chi connectivity index (χ1) is 8.88. The second kappa shape index (κ2) is 5.51. The molecule has 2 atom stereocenters. The highest BCUT2D eigenvalue weighted by Gasteiger charge is 2.39. The van der Waals surface area contributed by atoms with Crippen LogP contribution in [0.1, 0.15) is 12.8 Å². The molecule has 2 unspecified atom stereocenters. The minimum Gasteiger partial charge on any atom is -0.295 e. The number of carbonyl (C=O) groups excluding carboxylic acids is 4. The van der Waals surface area contributed by atoms with Gasteiger partial charge in [-0.1, -0.05) is 23.9 Å². The lowest BCUT2D eigenvalue weighted by atomic mass is 10.4. The summed E-state index contributed by atoms with van der Waals surface area (Å²) in [5.41, 5.74) is 0. The Balaban J connectivity index is 1.87. The van der Waals surface area contributed by atoms with Crippen LogP contribution in [-0.2, 0) is 19.2 Å². The molecule has 0 aromatic heterocycles. The third kappa shape index (κ3) is 3.10. The number of imide groups is 2. The molecule has 104 valence electrons. The van der Waals surface area contributed by atoms with Crippen LogP contribution in [0, 0.1) is 0 Å². The Morgan fingerprint density at radius 2 is 1.79 bits per heavy atom. The van der Waals surface area contributed by atoms with E-state index in [4.69, 9.17) is 0 Å². The second-order valence-corrected chi connectivity index (χ2v) is 7.13. The Hall–Kier alpha value is -1.06. The minimum absolute atomic E-state index is 0.145. The third-order valence-corrected chi connectivity index (χ3v) is 5.19. The van der Waals surface area contributed by atoms with Crippen molar-refractivity contribution < 1.29 is 19.2 Å². The molecule has 0 spiro atoms. The molecule has 2 aliphatic rings. The summed E-state index contributed by atoms with van der Waals surface area (Å²) in [5, 5.41) is 1.31. The molecule has 0 aromatic carbocycles. The summed E-state index contributed by atoms with van der Waals surface area (Å²) in [7, 11) is 3.17. The average molecular weight is 303 g/mol. The third-order valence-electron chi connectivity index (χ3n) is 2.82. The van der Waals surface area contributed by atoms with Gasteiger partial charge >= 0.3 is 0 Å². The lowest BCUT2D eigenvalue weighted by Gasteiger charge is -2.19. The molecule has 2 rings (SSSR count). The van der Waals surface area contributed by atoms with Gasteiger partial charge < -0.3 is 0 Å². The smallest absolute Gasteiger partial charge is 0.243 e. The molecular formula is C10H13N3O4S2. The molecule has 4 amide bonds. The van der Waals surface area contributed by atoms with E-state index in [2.05, 4.69) is 5.32 Å². The van der Waals surface area contributed by atoms with Crippen molar-refractivity contribution in [1.82, 2.24) is 13.9 Å². The van der Waals surface area contributed by atoms with Crippen molar-refractivity contribution in [2.75, 3.05) is 14.1 Å². The summed E-state index contributed by atoms with van der Waals surface area (Å²) >= 11 is 2.40. The van der Waals surface area contributed by atoms with Gasteiger partial charge in [-0.25, -0.2) is 0 Å². The molecule has 2 heterocycles. The fourth-order valence-corrected chi connectivity index (χ4v) is 4.19. The Bertz CT molecular complexity index is 456. The lowest BCUT2D eigenvalue weighted by molar-refractivity contribution is -0.136. The number of amides is 4. The maximum absolute atomic E-state index is 11.7. The summed E-state index contributed by atoms with van der Waals surface area (Å²) in [4.78, 5) is 46.7. The first kappa shape index (κ1) is 14.4. The van der Waals surface area contributed by atoms with Gasteiger partial charge in [0.25, 0.3) is 0 Å². The molecule has 2 fully saturated rings. The van der Waals surface area contributed by atoms with Gasteiger partial charge in [0.2, 0.25) is 23.6 Å². The highest BCUT2D eigenvalue weighted by molar-refractivity contribution is 8.13. The average Bonchev–Trinajstić information content (AvgIpc) is 2.75. The number of likely N-dealkylation sites (tertiary alicyclic amines) is 1. The van der Waals surface area contributed by atoms with E-state index in [-0.39, 0.29) is 36.5 Å². The molecule has 0 aromatic rings. The summed E-state index contributed by atoms with van der Waals surface area (Å²) < 4.78 is 1.66. The first-order valence-electron chi connectivity index (χ1n) is 5.60. The fraction of sp³-hybridized carbons (Fsp3) is 0.600. The van der Waals surface area contributed by atoms with Gasteiger partial charge in [-0.05, 0) is 0 Å². The second-order valence-electron chi connectivity index (χ2n) is 4.24. The highest BCUT2D eigenvalue weighted by Crippen LogP contribution is 2.33. The number of nitrogens with one attached hydrogen (secondary N) is 1. The quantitative estimate of drug-likeness (QED) is 0.547. The predicted molar refractivity (Wildman–Crippen MR) is 70.7 cm³/mol. The van der Waals surface area contributed by atoms with Crippen molar-refractivity contribution in [3.8, 4) is 0 Å². The predicted octanol–water partition coefficient (Wildman–Crippen LogP) is -0.613. The largest absolute Gasteiger partial charge is 0.295 e. The van der Waals surface area contributed by atoms with Crippen LogP contribution in [-0.4, -0.2) is 56.8 Å². The molecule has 0 saturated carbocycles. The van der Waals surface area contributed by atoms with Crippen molar-refractivity contribution in [1.29, 1.82) is 0 Å². The molecule has 19 heavy (non-hydrogen) atoms. The van der Waals surface area contributed by atoms with Gasteiger partial charge in [0, 0.05) is 26.9 Å². The summed E-state index contributed by atoms with van der Waals surface area (Å²) in [6.45, 7) is 0. The normalized spacial score (nSPS) is 27.6. The first-order valence-corrected chi connectivity index (χ1v) is 7.27. The van der Waals surface area contributed by atoms with Crippen LogP contribution in [0.5, 0.6) is 0 Å². The maximum Gasteiger partial charge on any atom is 0.243 e. The Morgan fingerprint density at radius 3 is 2.26 bits per heavy atom. The van der Waals surface area contributed by atoms with Crippen molar-refractivity contribution in [3.63, 3.8) is 0 Å². The lowest BCUT2D eigenvalue weighted by Crippen LogP contribution is -2.28. The Labute approximate surface area is 118 Å². The molecule has 2 saturated heterocycles. The molecule has 9 heteroatoms. The van der Waals surface area contributed by atoms with Crippen LogP contribution in [0.15, 0.2) is 0 Å². The van der Waals surface area contributed by atoms with Gasteiger partial charge in [0.15, 0.2) is 0 Å². The standard InChI is InChI=1S/C10H13N3O4S2/c1-12-8(15)4-6(10(12)17)19-13(2)18-5-3-7(14)11-9(5)16/h5-6H,3-4H2,1-2H3,(H,11,14,16). The molecule has 0 bridgehead atoms. The zero-order chi connectivity index (χ0) is 14.2. The van der Waals surface area contributed by atoms with E-state index in [0.29, 0.717) is 0 Å². The van der Waals surface area contributed by atoms with E-state index >= 15 is 0 Å². The highest BCUT2D eigenvalue weighted by atomic mass is 32.2. The molecular weight excluding hydrogens is 290 g/mol. The summed E-state index contributed by atoms with van der Waals surface area (Å²) in [6, 6.07) is 0. The van der Waals surface area contributed by atoms with Crippen molar-refractivity contribution in [2.45, 2.75) is 23.3 Å². The Kier molecular flexibility index (Phi) is 4.16. The molecule has 7 nitrogen and oxygen atoms in total. The molecule has 2 aliphatic heterocycles. The Morgan fingerprint density at radius 1 is 1.16 bits per heavy atom. The molecule has 0 radical (unpaired) electrons. The number of carbonyl (C=O) groups is 4. The number of hydrogen-bond donors (Lipinski definition) is 1. The zero-order valence-electron chi connectivity index (χ0n) is 10.4. The SMILES string of the molecule is CN(SC1CC(=O)NC1=O)SC1CC(=O)N(C)C1=O. The number of hydrogen-bond acceptors (Lipinski definition) is 7. The van der Waals surface area contributed by atoms with Crippen molar-refractivity contribution in [3.05, 3.63) is 0 Å². The van der Waals surface area contributed by atoms with E-state index in [0.717, 1.165) is 4.90 Å². The number of rotatable bonds is 4. The van der Waals surface area contributed by atoms with Gasteiger partial charge in [-0.15, -0.1) is 0 Å². The van der Waals surface area contributed by atoms with Crippen molar-refractivity contribution in [2.24, 2.45) is 0 Å². The topological polar surface area (TPSA) is 86.8 Å². The molecule has 1 N–H and O–H groups in total. The van der Waals surface area contributed by atoms with Gasteiger partial charge in [-0.2, -0.15) is 3.71 Å². The number of nitrogens with zero attached hydrogens (tertiary/aromatic N) is 2. The van der Waals surface area contributed by atoms with E-state index < -0.39 is 10.5 Å². The van der Waals surface area contributed by atoms with E-state index in [1.807, 2.05) is 0 Å². The van der Waals surface area contributed by atoms with Crippen molar-refractivity contribution >= 4 is 47.5 Å². The fourth-order valence-electron chi connectivity index (χ4n) is 1.80. The van der Waals surface area contributed by atoms with Gasteiger partial charge in [0.05, 0.1) is 0 Å². The molecule has 0 aliphatic carbocycles. The zero-order valence-corrected chi connectivity index (χ0v) is 12.0. The summed E-state index contributed by atoms with van der Waals surface area (Å²) in [6.07, 6.45) is 0.312. The van der Waals surface area contributed by atoms with Gasteiger partial charge in [-0.3, -0.25) is 29.4 Å². The minimum atomic E-state index is -0.463. The monoisotopic (exact) mass is 303 g/mol. The van der Waals surface area contributed by atoms with Crippen LogP contribution < -0.4 is 5.32 Å². The van der Waals surface area contributed by atoms with Crippen LogP contribution in [0.2, 0.25) is 0 Å².